The quantitative estimate of drug-likeness (QED) is 0.302. The van der Waals surface area contributed by atoms with Gasteiger partial charge in [0.05, 0.1) is 35.3 Å². The minimum atomic E-state index is -0.647. The lowest BCUT2D eigenvalue weighted by Gasteiger charge is -2.06. The van der Waals surface area contributed by atoms with Crippen LogP contribution in [0.25, 0.3) is 11.0 Å². The van der Waals surface area contributed by atoms with Gasteiger partial charge in [-0.15, -0.1) is 0 Å². The number of aromatic hydroxyl groups is 1. The van der Waals surface area contributed by atoms with Crippen LogP contribution in [0.1, 0.15) is 17.7 Å². The molecule has 0 aliphatic carbocycles. The summed E-state index contributed by atoms with van der Waals surface area (Å²) >= 11 is 0. The number of phenolic OH excluding ortho intramolecular Hbond substituents is 1. The number of aromatic nitrogens is 2. The molecule has 0 aliphatic heterocycles. The Kier molecular flexibility index (Phi) is 6.01. The van der Waals surface area contributed by atoms with Gasteiger partial charge in [0.1, 0.15) is 5.69 Å². The molecule has 1 amide bonds. The number of amides is 1. The van der Waals surface area contributed by atoms with E-state index in [2.05, 4.69) is 20.5 Å². The molecule has 1 heterocycles. The van der Waals surface area contributed by atoms with Gasteiger partial charge in [-0.2, -0.15) is 5.10 Å². The Bertz CT molecular complexity index is 1200. The molecule has 0 aliphatic rings. The first-order valence-corrected chi connectivity index (χ1v) is 8.74. The highest BCUT2D eigenvalue weighted by Crippen LogP contribution is 2.33. The first-order chi connectivity index (χ1) is 14.4. The summed E-state index contributed by atoms with van der Waals surface area (Å²) in [6, 6.07) is 9.20. The second-order valence-electron chi connectivity index (χ2n) is 6.17. The number of ether oxygens (including phenoxy) is 1. The van der Waals surface area contributed by atoms with Gasteiger partial charge < -0.3 is 14.8 Å². The van der Waals surface area contributed by atoms with Gasteiger partial charge >= 0.3 is 0 Å². The lowest BCUT2D eigenvalue weighted by molar-refractivity contribution is -0.385. The van der Waals surface area contributed by atoms with Crippen LogP contribution in [0.5, 0.6) is 11.5 Å². The number of nitrogens with zero attached hydrogens (tertiary/aromatic N) is 3. The van der Waals surface area contributed by atoms with Gasteiger partial charge in [0.25, 0.3) is 11.2 Å². The molecule has 154 valence electrons. The minimum Gasteiger partial charge on any atom is -0.504 e. The molecule has 0 unspecified atom stereocenters. The van der Waals surface area contributed by atoms with Crippen LogP contribution >= 0.6 is 0 Å². The Morgan fingerprint density at radius 3 is 2.90 bits per heavy atom. The number of nitrogens with one attached hydrogen (secondary N) is 2. The molecule has 0 spiro atoms. The van der Waals surface area contributed by atoms with Crippen molar-refractivity contribution in [3.05, 3.63) is 68.1 Å². The predicted octanol–water partition coefficient (Wildman–Crippen LogP) is 1.63. The van der Waals surface area contributed by atoms with Crippen molar-refractivity contribution in [3.8, 4) is 11.5 Å². The molecule has 3 N–H and O–H groups in total. The highest BCUT2D eigenvalue weighted by atomic mass is 16.6. The molecule has 3 aromatic rings. The SMILES string of the molecule is COc1cc([N+](=O)[O-])cc(/C=N/NC(=O)CCc2nc3ccccc3[nH]c2=O)c1O. The van der Waals surface area contributed by atoms with Gasteiger partial charge in [0.2, 0.25) is 5.91 Å². The molecule has 0 saturated heterocycles. The van der Waals surface area contributed by atoms with E-state index >= 15 is 0 Å². The Labute approximate surface area is 169 Å². The Morgan fingerprint density at radius 2 is 2.17 bits per heavy atom. The highest BCUT2D eigenvalue weighted by molar-refractivity contribution is 5.87. The zero-order chi connectivity index (χ0) is 21.7. The van der Waals surface area contributed by atoms with Crippen molar-refractivity contribution >= 4 is 28.8 Å². The van der Waals surface area contributed by atoms with Crippen LogP contribution in [-0.2, 0) is 11.2 Å². The molecular weight excluding hydrogens is 394 g/mol. The van der Waals surface area contributed by atoms with Crippen molar-refractivity contribution in [2.75, 3.05) is 7.11 Å². The van der Waals surface area contributed by atoms with E-state index in [9.17, 15) is 24.8 Å². The van der Waals surface area contributed by atoms with Crippen molar-refractivity contribution in [1.29, 1.82) is 0 Å². The van der Waals surface area contributed by atoms with Crippen LogP contribution in [0.4, 0.5) is 5.69 Å². The number of phenols is 1. The summed E-state index contributed by atoms with van der Waals surface area (Å²) in [5.74, 6) is -0.955. The molecule has 0 fully saturated rings. The van der Waals surface area contributed by atoms with Crippen molar-refractivity contribution < 1.29 is 19.6 Å². The fraction of sp³-hybridized carbons (Fsp3) is 0.158. The first kappa shape index (κ1) is 20.5. The summed E-state index contributed by atoms with van der Waals surface area (Å²) in [6.07, 6.45) is 1.09. The Hall–Kier alpha value is -4.28. The average Bonchev–Trinajstić information content (AvgIpc) is 2.73. The molecule has 0 bridgehead atoms. The summed E-state index contributed by atoms with van der Waals surface area (Å²) in [7, 11) is 1.25. The Balaban J connectivity index is 1.66. The number of aromatic amines is 1. The average molecular weight is 411 g/mol. The highest BCUT2D eigenvalue weighted by Gasteiger charge is 2.16. The fourth-order valence-electron chi connectivity index (χ4n) is 2.67. The van der Waals surface area contributed by atoms with Crippen LogP contribution in [0.15, 0.2) is 46.3 Å². The number of carbonyl (C=O) groups excluding carboxylic acids is 1. The number of hydrazone groups is 1. The van der Waals surface area contributed by atoms with E-state index in [0.717, 1.165) is 18.3 Å². The molecule has 11 nitrogen and oxygen atoms in total. The molecule has 2 aromatic carbocycles. The van der Waals surface area contributed by atoms with E-state index < -0.39 is 10.8 Å². The molecular formula is C19H17N5O6. The lowest BCUT2D eigenvalue weighted by atomic mass is 10.2. The van der Waals surface area contributed by atoms with E-state index in [1.54, 1.807) is 24.3 Å². The van der Waals surface area contributed by atoms with Gasteiger partial charge in [-0.3, -0.25) is 19.7 Å². The van der Waals surface area contributed by atoms with E-state index in [1.165, 1.54) is 7.11 Å². The van der Waals surface area contributed by atoms with E-state index in [1.807, 2.05) is 0 Å². The standard InChI is InChI=1S/C19H17N5O6/c1-30-16-9-12(24(28)29)8-11(18(16)26)10-20-23-17(25)7-6-15-19(27)22-14-5-3-2-4-13(14)21-15/h2-5,8-10,26H,6-7H2,1H3,(H,22,27)(H,23,25)/b20-10+. The monoisotopic (exact) mass is 411 g/mol. The number of para-hydroxylation sites is 2. The maximum atomic E-state index is 12.1. The topological polar surface area (TPSA) is 160 Å². The summed E-state index contributed by atoms with van der Waals surface area (Å²) in [4.78, 5) is 41.3. The largest absolute Gasteiger partial charge is 0.504 e. The summed E-state index contributed by atoms with van der Waals surface area (Å²) in [6.45, 7) is 0. The number of aryl methyl sites for hydroxylation is 1. The van der Waals surface area contributed by atoms with E-state index in [0.29, 0.717) is 11.0 Å². The zero-order valence-electron chi connectivity index (χ0n) is 15.8. The number of rotatable bonds is 7. The second-order valence-corrected chi connectivity index (χ2v) is 6.17. The number of non-ortho nitro benzene ring substituents is 1. The fourth-order valence-corrected chi connectivity index (χ4v) is 2.67. The third-order valence-corrected chi connectivity index (χ3v) is 4.17. The van der Waals surface area contributed by atoms with Crippen LogP contribution in [0.3, 0.4) is 0 Å². The smallest absolute Gasteiger partial charge is 0.274 e. The van der Waals surface area contributed by atoms with Gasteiger partial charge in [-0.25, -0.2) is 10.4 Å². The number of benzene rings is 2. The number of H-pyrrole nitrogens is 1. The summed E-state index contributed by atoms with van der Waals surface area (Å²) < 4.78 is 4.89. The molecule has 0 atom stereocenters. The van der Waals surface area contributed by atoms with Crippen LogP contribution in [0, 0.1) is 10.1 Å². The predicted molar refractivity (Wildman–Crippen MR) is 108 cm³/mol. The zero-order valence-corrected chi connectivity index (χ0v) is 15.8. The normalized spacial score (nSPS) is 11.0. The molecule has 11 heteroatoms. The van der Waals surface area contributed by atoms with Crippen LogP contribution < -0.4 is 15.7 Å². The van der Waals surface area contributed by atoms with Crippen molar-refractivity contribution in [2.45, 2.75) is 12.8 Å². The first-order valence-electron chi connectivity index (χ1n) is 8.74. The third kappa shape index (κ3) is 4.58. The third-order valence-electron chi connectivity index (χ3n) is 4.17. The van der Waals surface area contributed by atoms with Gasteiger partial charge in [0, 0.05) is 24.5 Å². The number of fused-ring (bicyclic) bond motifs is 1. The Morgan fingerprint density at radius 1 is 1.40 bits per heavy atom. The number of carbonyl (C=O) groups is 1. The van der Waals surface area contributed by atoms with Crippen molar-refractivity contribution in [2.24, 2.45) is 5.10 Å². The van der Waals surface area contributed by atoms with Crippen molar-refractivity contribution in [1.82, 2.24) is 15.4 Å². The molecule has 3 rings (SSSR count). The maximum Gasteiger partial charge on any atom is 0.274 e. The number of nitro groups is 1. The summed E-state index contributed by atoms with van der Waals surface area (Å²) in [5, 5.41) is 24.7. The molecule has 0 radical (unpaired) electrons. The number of hydrogen-bond acceptors (Lipinski definition) is 8. The molecule has 1 aromatic heterocycles. The lowest BCUT2D eigenvalue weighted by Crippen LogP contribution is -2.21. The second kappa shape index (κ2) is 8.82. The molecule has 30 heavy (non-hydrogen) atoms. The molecule has 0 saturated carbocycles. The van der Waals surface area contributed by atoms with Gasteiger partial charge in [-0.1, -0.05) is 12.1 Å². The summed E-state index contributed by atoms with van der Waals surface area (Å²) in [5.41, 5.74) is 2.98. The van der Waals surface area contributed by atoms with Crippen LogP contribution in [-0.4, -0.2) is 39.2 Å². The van der Waals surface area contributed by atoms with Gasteiger partial charge in [-0.05, 0) is 12.1 Å². The van der Waals surface area contributed by atoms with Crippen molar-refractivity contribution in [3.63, 3.8) is 0 Å². The number of nitro benzene ring substituents is 1. The van der Waals surface area contributed by atoms with Crippen LogP contribution in [0.2, 0.25) is 0 Å². The number of methoxy groups -OCH3 is 1. The van der Waals surface area contributed by atoms with Gasteiger partial charge in [0.15, 0.2) is 11.5 Å². The number of hydrogen-bond donors (Lipinski definition) is 3. The minimum absolute atomic E-state index is 0.00556. The van der Waals surface area contributed by atoms with E-state index in [-0.39, 0.29) is 46.8 Å². The van der Waals surface area contributed by atoms with E-state index in [4.69, 9.17) is 4.74 Å². The maximum absolute atomic E-state index is 12.1.